The zero-order valence-corrected chi connectivity index (χ0v) is 16.1. The number of nitrogens with two attached hydrogens (primary N) is 1. The molecule has 2 aromatic heterocycles. The van der Waals surface area contributed by atoms with Crippen molar-refractivity contribution >= 4 is 11.4 Å². The van der Waals surface area contributed by atoms with Crippen LogP contribution < -0.4 is 5.73 Å². The van der Waals surface area contributed by atoms with Gasteiger partial charge >= 0.3 is 0 Å². The molecule has 0 amide bonds. The lowest BCUT2D eigenvalue weighted by Gasteiger charge is -2.01. The summed E-state index contributed by atoms with van der Waals surface area (Å²) >= 11 is 0. The molecule has 0 aliphatic rings. The van der Waals surface area contributed by atoms with Crippen LogP contribution in [0.3, 0.4) is 0 Å². The van der Waals surface area contributed by atoms with Crippen molar-refractivity contribution in [1.82, 2.24) is 19.9 Å². The van der Waals surface area contributed by atoms with Crippen LogP contribution in [-0.4, -0.2) is 25.6 Å². The first-order valence-electron chi connectivity index (χ1n) is 8.52. The fraction of sp³-hybridized carbons (Fsp3) is 0.190. The predicted molar refractivity (Wildman–Crippen MR) is 108 cm³/mol. The van der Waals surface area contributed by atoms with E-state index < -0.39 is 0 Å². The van der Waals surface area contributed by atoms with E-state index >= 15 is 0 Å². The van der Waals surface area contributed by atoms with E-state index in [9.17, 15) is 0 Å². The Kier molecular flexibility index (Phi) is 6.88. The first-order chi connectivity index (χ1) is 12.8. The van der Waals surface area contributed by atoms with Gasteiger partial charge in [0.2, 0.25) is 0 Å². The largest absolute Gasteiger partial charge is 0.396 e. The van der Waals surface area contributed by atoms with Crippen LogP contribution in [0.15, 0.2) is 55.1 Å². The number of aryl methyl sites for hydroxylation is 4. The van der Waals surface area contributed by atoms with Crippen molar-refractivity contribution in [3.63, 3.8) is 0 Å². The number of rotatable bonds is 3. The van der Waals surface area contributed by atoms with Crippen molar-refractivity contribution in [2.75, 3.05) is 0 Å². The molecule has 27 heavy (non-hydrogen) atoms. The fourth-order valence-electron chi connectivity index (χ4n) is 1.99. The normalized spacial score (nSPS) is 10.7. The molecule has 0 bridgehead atoms. The molecular formula is C21H24N6. The summed E-state index contributed by atoms with van der Waals surface area (Å²) in [7, 11) is 0. The van der Waals surface area contributed by atoms with E-state index in [1.807, 2.05) is 13.8 Å². The lowest BCUT2D eigenvalue weighted by atomic mass is 10.2. The van der Waals surface area contributed by atoms with E-state index in [4.69, 9.17) is 11.1 Å². The minimum Gasteiger partial charge on any atom is -0.396 e. The molecule has 0 atom stereocenters. The Balaban J connectivity index is 0.000000273. The van der Waals surface area contributed by atoms with Crippen molar-refractivity contribution in [1.29, 1.82) is 5.41 Å². The van der Waals surface area contributed by atoms with Crippen molar-refractivity contribution in [3.05, 3.63) is 89.0 Å². The maximum atomic E-state index is 7.89. The molecule has 0 aliphatic heterocycles. The number of nitrogens with one attached hydrogen (secondary N) is 1. The van der Waals surface area contributed by atoms with Crippen LogP contribution >= 0.6 is 0 Å². The summed E-state index contributed by atoms with van der Waals surface area (Å²) in [6, 6.07) is 8.48. The molecule has 1 aromatic carbocycles. The summed E-state index contributed by atoms with van der Waals surface area (Å²) in [6.45, 7) is 7.97. The Morgan fingerprint density at radius 3 is 1.48 bits per heavy atom. The van der Waals surface area contributed by atoms with Crippen molar-refractivity contribution in [3.8, 4) is 0 Å². The number of benzene rings is 1. The van der Waals surface area contributed by atoms with E-state index in [0.29, 0.717) is 17.3 Å². The first kappa shape index (κ1) is 19.9. The Labute approximate surface area is 159 Å². The Morgan fingerprint density at radius 2 is 1.07 bits per heavy atom. The van der Waals surface area contributed by atoms with E-state index in [1.54, 1.807) is 24.8 Å². The van der Waals surface area contributed by atoms with Crippen LogP contribution in [0.25, 0.3) is 5.70 Å². The molecule has 0 aliphatic carbocycles. The van der Waals surface area contributed by atoms with Gasteiger partial charge in [-0.1, -0.05) is 35.4 Å². The van der Waals surface area contributed by atoms with Crippen LogP contribution in [0.2, 0.25) is 0 Å². The highest BCUT2D eigenvalue weighted by Gasteiger charge is 2.05. The van der Waals surface area contributed by atoms with Crippen LogP contribution in [0.4, 0.5) is 0 Å². The monoisotopic (exact) mass is 360 g/mol. The molecule has 2 heterocycles. The second kappa shape index (κ2) is 9.33. The van der Waals surface area contributed by atoms with Gasteiger partial charge in [0.25, 0.3) is 0 Å². The molecule has 0 spiro atoms. The summed E-state index contributed by atoms with van der Waals surface area (Å²) < 4.78 is 0. The summed E-state index contributed by atoms with van der Waals surface area (Å²) in [5, 5.41) is 7.89. The Morgan fingerprint density at radius 1 is 0.704 bits per heavy atom. The number of hydrogen-bond acceptors (Lipinski definition) is 6. The van der Waals surface area contributed by atoms with E-state index in [1.165, 1.54) is 17.2 Å². The van der Waals surface area contributed by atoms with Crippen molar-refractivity contribution < 1.29 is 0 Å². The van der Waals surface area contributed by atoms with Crippen LogP contribution in [-0.2, 0) is 0 Å². The van der Waals surface area contributed by atoms with Gasteiger partial charge in [0, 0.05) is 24.8 Å². The Hall–Kier alpha value is -3.41. The topological polar surface area (TPSA) is 101 Å². The average Bonchev–Trinajstić information content (AvgIpc) is 2.65. The fourth-order valence-corrected chi connectivity index (χ4v) is 1.99. The third kappa shape index (κ3) is 6.43. The Bertz CT molecular complexity index is 889. The second-order valence-corrected chi connectivity index (χ2v) is 6.34. The molecule has 138 valence electrons. The molecule has 0 unspecified atom stereocenters. The zero-order valence-electron chi connectivity index (χ0n) is 16.1. The molecule has 3 N–H and O–H groups in total. The highest BCUT2D eigenvalue weighted by Crippen LogP contribution is 2.05. The molecular weight excluding hydrogens is 336 g/mol. The number of nitrogens with zero attached hydrogens (tertiary/aromatic N) is 4. The third-order valence-electron chi connectivity index (χ3n) is 3.58. The molecule has 6 nitrogen and oxygen atoms in total. The van der Waals surface area contributed by atoms with Crippen LogP contribution in [0.5, 0.6) is 0 Å². The second-order valence-electron chi connectivity index (χ2n) is 6.34. The highest BCUT2D eigenvalue weighted by atomic mass is 14.9. The lowest BCUT2D eigenvalue weighted by Crippen LogP contribution is -2.08. The molecule has 0 fully saturated rings. The van der Waals surface area contributed by atoms with E-state index in [-0.39, 0.29) is 5.71 Å². The standard InChI is InChI=1S/C13H14N6.C8H10/c1-8-4-16-12(17-5-8)10(14)3-11(15)13-18-6-9(2)7-19-13;1-7-3-5-8(2)6-4-7/h3-7,14H,15H2,1-2H3;3-6H,1-2H3/b11-3-,14-10?;. The zero-order chi connectivity index (χ0) is 19.8. The van der Waals surface area contributed by atoms with E-state index in [2.05, 4.69) is 58.0 Å². The number of allylic oxidation sites excluding steroid dienone is 1. The van der Waals surface area contributed by atoms with Gasteiger partial charge in [-0.2, -0.15) is 0 Å². The quantitative estimate of drug-likeness (QED) is 0.696. The smallest absolute Gasteiger partial charge is 0.177 e. The van der Waals surface area contributed by atoms with E-state index in [0.717, 1.165) is 11.1 Å². The average molecular weight is 360 g/mol. The molecule has 0 saturated heterocycles. The maximum Gasteiger partial charge on any atom is 0.177 e. The number of hydrogen-bond donors (Lipinski definition) is 2. The third-order valence-corrected chi connectivity index (χ3v) is 3.58. The van der Waals surface area contributed by atoms with Gasteiger partial charge in [0.05, 0.1) is 5.70 Å². The van der Waals surface area contributed by atoms with Gasteiger partial charge in [-0.3, -0.25) is 5.41 Å². The summed E-state index contributed by atoms with van der Waals surface area (Å²) in [4.78, 5) is 16.3. The summed E-state index contributed by atoms with van der Waals surface area (Å²) in [5.74, 6) is 0.711. The van der Waals surface area contributed by atoms with Gasteiger partial charge in [0.15, 0.2) is 11.6 Å². The van der Waals surface area contributed by atoms with Gasteiger partial charge in [-0.15, -0.1) is 0 Å². The minimum absolute atomic E-state index is 0.127. The van der Waals surface area contributed by atoms with Gasteiger partial charge in [-0.25, -0.2) is 19.9 Å². The maximum absolute atomic E-state index is 7.89. The van der Waals surface area contributed by atoms with Gasteiger partial charge in [0.1, 0.15) is 5.71 Å². The first-order valence-corrected chi connectivity index (χ1v) is 8.52. The lowest BCUT2D eigenvalue weighted by molar-refractivity contribution is 1.08. The van der Waals surface area contributed by atoms with Crippen LogP contribution in [0, 0.1) is 33.1 Å². The molecule has 3 rings (SSSR count). The summed E-state index contributed by atoms with van der Waals surface area (Å²) in [5.41, 5.74) is 10.8. The van der Waals surface area contributed by atoms with Crippen LogP contribution in [0.1, 0.15) is 33.9 Å². The number of aromatic nitrogens is 4. The molecule has 6 heteroatoms. The predicted octanol–water partition coefficient (Wildman–Crippen LogP) is 3.55. The van der Waals surface area contributed by atoms with Gasteiger partial charge in [-0.05, 0) is 44.9 Å². The molecule has 3 aromatic rings. The summed E-state index contributed by atoms with van der Waals surface area (Å²) in [6.07, 6.45) is 8.12. The molecule has 0 saturated carbocycles. The van der Waals surface area contributed by atoms with Crippen molar-refractivity contribution in [2.24, 2.45) is 5.73 Å². The van der Waals surface area contributed by atoms with Gasteiger partial charge < -0.3 is 5.73 Å². The highest BCUT2D eigenvalue weighted by molar-refractivity contribution is 6.07. The SMILES string of the molecule is Cc1ccc(C)cc1.Cc1cnc(C(=N)/C=C(\N)c2ncc(C)cn2)nc1. The minimum atomic E-state index is 0.127. The molecule has 0 radical (unpaired) electrons. The van der Waals surface area contributed by atoms with Crippen molar-refractivity contribution in [2.45, 2.75) is 27.7 Å².